The molecule has 1 unspecified atom stereocenters. The number of hydrogen-bond acceptors (Lipinski definition) is 3. The van der Waals surface area contributed by atoms with Crippen LogP contribution < -0.4 is 15.4 Å². The van der Waals surface area contributed by atoms with E-state index >= 15 is 0 Å². The standard InChI is InChI=1S/C19H23FN2O3/c1-3-8-17(25-18-11-7-9-16(20)13-18)10-5-4-6-12-21-19(24)14-22-15(2)23/h3-11,13,17H,12,14H2,1-2H3,(H,21,24)(H,22,23)/b6-4+,8-3-,10-5?. The van der Waals surface area contributed by atoms with Gasteiger partial charge in [-0.1, -0.05) is 30.4 Å². The lowest BCUT2D eigenvalue weighted by molar-refractivity contribution is -0.124. The number of hydrogen-bond donors (Lipinski definition) is 2. The Kier molecular flexibility index (Phi) is 9.36. The van der Waals surface area contributed by atoms with E-state index in [4.69, 9.17) is 4.74 Å². The molecular weight excluding hydrogens is 323 g/mol. The lowest BCUT2D eigenvalue weighted by atomic mass is 10.2. The van der Waals surface area contributed by atoms with E-state index in [1.165, 1.54) is 19.1 Å². The summed E-state index contributed by atoms with van der Waals surface area (Å²) in [7, 11) is 0. The number of carbonyl (C=O) groups is 2. The fourth-order valence-electron chi connectivity index (χ4n) is 1.79. The largest absolute Gasteiger partial charge is 0.482 e. The summed E-state index contributed by atoms with van der Waals surface area (Å²) in [5.41, 5.74) is 0. The fraction of sp³-hybridized carbons (Fsp3) is 0.263. The first-order chi connectivity index (χ1) is 12.0. The molecule has 0 heterocycles. The Morgan fingerprint density at radius 3 is 2.72 bits per heavy atom. The Hall–Kier alpha value is -2.89. The van der Waals surface area contributed by atoms with Crippen LogP contribution in [0.5, 0.6) is 5.75 Å². The highest BCUT2D eigenvalue weighted by Gasteiger charge is 2.02. The van der Waals surface area contributed by atoms with Crippen LogP contribution in [0.3, 0.4) is 0 Å². The molecule has 0 aromatic heterocycles. The van der Waals surface area contributed by atoms with Crippen LogP contribution in [0.15, 0.2) is 60.7 Å². The Labute approximate surface area is 147 Å². The molecule has 0 spiro atoms. The minimum absolute atomic E-state index is 0.0378. The first kappa shape index (κ1) is 20.2. The highest BCUT2D eigenvalue weighted by molar-refractivity contribution is 5.83. The second-order valence-electron chi connectivity index (χ2n) is 5.09. The zero-order valence-electron chi connectivity index (χ0n) is 14.4. The van der Waals surface area contributed by atoms with Gasteiger partial charge < -0.3 is 15.4 Å². The molecule has 2 amide bonds. The number of nitrogens with one attached hydrogen (secondary N) is 2. The molecule has 0 radical (unpaired) electrons. The lowest BCUT2D eigenvalue weighted by Crippen LogP contribution is -2.35. The first-order valence-corrected chi connectivity index (χ1v) is 7.90. The van der Waals surface area contributed by atoms with Crippen molar-refractivity contribution in [2.24, 2.45) is 0 Å². The van der Waals surface area contributed by atoms with E-state index in [9.17, 15) is 14.0 Å². The van der Waals surface area contributed by atoms with Crippen molar-refractivity contribution in [1.82, 2.24) is 10.6 Å². The van der Waals surface area contributed by atoms with Gasteiger partial charge in [0.15, 0.2) is 0 Å². The smallest absolute Gasteiger partial charge is 0.239 e. The normalized spacial score (nSPS) is 12.6. The minimum atomic E-state index is -0.351. The van der Waals surface area contributed by atoms with E-state index in [1.807, 2.05) is 19.1 Å². The van der Waals surface area contributed by atoms with Gasteiger partial charge in [0, 0.05) is 19.5 Å². The second kappa shape index (κ2) is 11.6. The van der Waals surface area contributed by atoms with Crippen molar-refractivity contribution in [3.63, 3.8) is 0 Å². The summed E-state index contributed by atoms with van der Waals surface area (Å²) in [6.45, 7) is 3.53. The van der Waals surface area contributed by atoms with Gasteiger partial charge in [-0.15, -0.1) is 0 Å². The van der Waals surface area contributed by atoms with Crippen molar-refractivity contribution < 1.29 is 18.7 Å². The minimum Gasteiger partial charge on any atom is -0.482 e. The molecule has 0 saturated carbocycles. The Bertz CT molecular complexity index is 654. The lowest BCUT2D eigenvalue weighted by Gasteiger charge is -2.11. The van der Waals surface area contributed by atoms with Crippen LogP contribution in [0.25, 0.3) is 0 Å². The number of carbonyl (C=O) groups excluding carboxylic acids is 2. The molecule has 0 aliphatic rings. The molecule has 134 valence electrons. The summed E-state index contributed by atoms with van der Waals surface area (Å²) in [5, 5.41) is 5.05. The maximum Gasteiger partial charge on any atom is 0.239 e. The van der Waals surface area contributed by atoms with Crippen LogP contribution in [-0.2, 0) is 9.59 Å². The van der Waals surface area contributed by atoms with E-state index in [1.54, 1.807) is 36.4 Å². The first-order valence-electron chi connectivity index (χ1n) is 7.90. The number of benzene rings is 1. The Morgan fingerprint density at radius 2 is 2.04 bits per heavy atom. The summed E-state index contributed by atoms with van der Waals surface area (Å²) in [6, 6.07) is 5.96. The molecule has 0 fully saturated rings. The summed E-state index contributed by atoms with van der Waals surface area (Å²) >= 11 is 0. The van der Waals surface area contributed by atoms with Gasteiger partial charge >= 0.3 is 0 Å². The predicted molar refractivity (Wildman–Crippen MR) is 95.6 cm³/mol. The highest BCUT2D eigenvalue weighted by atomic mass is 19.1. The summed E-state index contributed by atoms with van der Waals surface area (Å²) < 4.78 is 18.9. The summed E-state index contributed by atoms with van der Waals surface area (Å²) in [5.74, 6) is -0.412. The van der Waals surface area contributed by atoms with Crippen molar-refractivity contribution in [2.75, 3.05) is 13.1 Å². The van der Waals surface area contributed by atoms with E-state index in [0.29, 0.717) is 12.3 Å². The molecule has 1 aromatic carbocycles. The molecule has 1 rings (SSSR count). The molecule has 6 heteroatoms. The predicted octanol–water partition coefficient (Wildman–Crippen LogP) is 2.51. The van der Waals surface area contributed by atoms with Crippen LogP contribution in [0.4, 0.5) is 4.39 Å². The van der Waals surface area contributed by atoms with Gasteiger partial charge in [-0.25, -0.2) is 4.39 Å². The van der Waals surface area contributed by atoms with Crippen molar-refractivity contribution in [2.45, 2.75) is 20.0 Å². The number of allylic oxidation sites excluding steroid dienone is 3. The monoisotopic (exact) mass is 346 g/mol. The SMILES string of the molecule is C/C=C\C(C=C/C=C/CNC(=O)CNC(C)=O)Oc1cccc(F)c1. The molecular formula is C19H23FN2O3. The third-order valence-corrected chi connectivity index (χ3v) is 2.91. The molecule has 5 nitrogen and oxygen atoms in total. The van der Waals surface area contributed by atoms with E-state index in [2.05, 4.69) is 10.6 Å². The highest BCUT2D eigenvalue weighted by Crippen LogP contribution is 2.14. The van der Waals surface area contributed by atoms with Gasteiger partial charge in [0.1, 0.15) is 17.7 Å². The second-order valence-corrected chi connectivity index (χ2v) is 5.09. The third-order valence-electron chi connectivity index (χ3n) is 2.91. The summed E-state index contributed by atoms with van der Waals surface area (Å²) in [4.78, 5) is 22.0. The van der Waals surface area contributed by atoms with Gasteiger partial charge in [0.2, 0.25) is 11.8 Å². The Morgan fingerprint density at radius 1 is 1.24 bits per heavy atom. The molecule has 0 saturated heterocycles. The maximum absolute atomic E-state index is 13.2. The van der Waals surface area contributed by atoms with Gasteiger partial charge in [-0.2, -0.15) is 0 Å². The average Bonchev–Trinajstić information content (AvgIpc) is 2.56. The zero-order chi connectivity index (χ0) is 18.5. The number of rotatable bonds is 9. The van der Waals surface area contributed by atoms with Gasteiger partial charge in [0.25, 0.3) is 0 Å². The van der Waals surface area contributed by atoms with Gasteiger partial charge in [-0.3, -0.25) is 9.59 Å². The van der Waals surface area contributed by atoms with Crippen LogP contribution in [0, 0.1) is 5.82 Å². The van der Waals surface area contributed by atoms with E-state index in [0.717, 1.165) is 0 Å². The topological polar surface area (TPSA) is 67.4 Å². The van der Waals surface area contributed by atoms with Crippen LogP contribution >= 0.6 is 0 Å². The molecule has 0 bridgehead atoms. The molecule has 2 N–H and O–H groups in total. The van der Waals surface area contributed by atoms with Crippen molar-refractivity contribution in [3.05, 3.63) is 66.5 Å². The molecule has 1 aromatic rings. The molecule has 25 heavy (non-hydrogen) atoms. The molecule has 0 aliphatic heterocycles. The third kappa shape index (κ3) is 9.76. The average molecular weight is 346 g/mol. The molecule has 0 aliphatic carbocycles. The van der Waals surface area contributed by atoms with Gasteiger partial charge in [0.05, 0.1) is 6.54 Å². The quantitative estimate of drug-likeness (QED) is 0.533. The van der Waals surface area contributed by atoms with E-state index in [-0.39, 0.29) is 30.3 Å². The van der Waals surface area contributed by atoms with Crippen molar-refractivity contribution in [3.8, 4) is 5.75 Å². The van der Waals surface area contributed by atoms with E-state index < -0.39 is 0 Å². The van der Waals surface area contributed by atoms with Crippen LogP contribution in [0.1, 0.15) is 13.8 Å². The fourth-order valence-corrected chi connectivity index (χ4v) is 1.79. The number of halogens is 1. The summed E-state index contributed by atoms with van der Waals surface area (Å²) in [6.07, 6.45) is 10.5. The maximum atomic E-state index is 13.2. The number of amides is 2. The Balaban J connectivity index is 2.42. The van der Waals surface area contributed by atoms with Crippen LogP contribution in [0.2, 0.25) is 0 Å². The van der Waals surface area contributed by atoms with Crippen molar-refractivity contribution >= 4 is 11.8 Å². The van der Waals surface area contributed by atoms with Gasteiger partial charge in [-0.05, 0) is 31.2 Å². The number of ether oxygens (including phenoxy) is 1. The molecule has 1 atom stereocenters. The van der Waals surface area contributed by atoms with Crippen LogP contribution in [-0.4, -0.2) is 31.0 Å². The van der Waals surface area contributed by atoms with Crippen molar-refractivity contribution in [1.29, 1.82) is 0 Å². The zero-order valence-corrected chi connectivity index (χ0v) is 14.4.